The number of rotatable bonds is 4. The lowest BCUT2D eigenvalue weighted by Crippen LogP contribution is -2.44. The smallest absolute Gasteiger partial charge is 0.118 e. The molecule has 0 amide bonds. The van der Waals surface area contributed by atoms with Crippen LogP contribution in [0.5, 0.6) is 17.2 Å². The fraction of sp³-hybridized carbons (Fsp3) is 0.455. The SMILES string of the molecule is Cc1cc(C2(c3ccc(O)c(C)c3)CCC(C3(c4ccc(O)cc4)CCC(C)CC3)CC2)ccc1O. The molecule has 0 unspecified atom stereocenters. The van der Waals surface area contributed by atoms with Gasteiger partial charge in [0.05, 0.1) is 0 Å². The van der Waals surface area contributed by atoms with Gasteiger partial charge in [-0.15, -0.1) is 0 Å². The molecule has 0 aliphatic heterocycles. The molecule has 0 bridgehead atoms. The third kappa shape index (κ3) is 4.27. The Morgan fingerprint density at radius 2 is 1.08 bits per heavy atom. The third-order valence-corrected chi connectivity index (χ3v) is 9.73. The van der Waals surface area contributed by atoms with E-state index in [4.69, 9.17) is 0 Å². The van der Waals surface area contributed by atoms with E-state index in [-0.39, 0.29) is 10.8 Å². The van der Waals surface area contributed by atoms with Crippen LogP contribution in [0.1, 0.15) is 86.1 Å². The second-order valence-electron chi connectivity index (χ2n) is 11.7. The van der Waals surface area contributed by atoms with Crippen LogP contribution in [0, 0.1) is 25.7 Å². The molecule has 0 saturated heterocycles. The summed E-state index contributed by atoms with van der Waals surface area (Å²) in [7, 11) is 0. The molecule has 0 heterocycles. The molecule has 0 aromatic heterocycles. The lowest BCUT2D eigenvalue weighted by Gasteiger charge is -2.51. The minimum absolute atomic E-state index is 0.133. The number of hydrogen-bond acceptors (Lipinski definition) is 3. The van der Waals surface area contributed by atoms with Gasteiger partial charge < -0.3 is 15.3 Å². The predicted octanol–water partition coefficient (Wildman–Crippen LogP) is 8.04. The van der Waals surface area contributed by atoms with Crippen molar-refractivity contribution in [3.05, 3.63) is 88.5 Å². The van der Waals surface area contributed by atoms with E-state index in [1.54, 1.807) is 0 Å². The third-order valence-electron chi connectivity index (χ3n) is 9.73. The summed E-state index contributed by atoms with van der Waals surface area (Å²) in [5.41, 5.74) is 5.77. The largest absolute Gasteiger partial charge is 0.508 e. The van der Waals surface area contributed by atoms with E-state index in [2.05, 4.69) is 43.3 Å². The van der Waals surface area contributed by atoms with Crippen molar-refractivity contribution in [2.75, 3.05) is 0 Å². The van der Waals surface area contributed by atoms with Crippen LogP contribution >= 0.6 is 0 Å². The molecule has 0 atom stereocenters. The number of aromatic hydroxyl groups is 3. The quantitative estimate of drug-likeness (QED) is 0.351. The maximum atomic E-state index is 10.2. The van der Waals surface area contributed by atoms with Gasteiger partial charge in [0.25, 0.3) is 0 Å². The van der Waals surface area contributed by atoms with Crippen LogP contribution < -0.4 is 0 Å². The molecule has 0 spiro atoms. The van der Waals surface area contributed by atoms with E-state index in [9.17, 15) is 15.3 Å². The van der Waals surface area contributed by atoms with Crippen molar-refractivity contribution in [3.63, 3.8) is 0 Å². The van der Waals surface area contributed by atoms with Gasteiger partial charge in [-0.2, -0.15) is 0 Å². The molecule has 3 nitrogen and oxygen atoms in total. The van der Waals surface area contributed by atoms with E-state index >= 15 is 0 Å². The van der Waals surface area contributed by atoms with Crippen LogP contribution in [0.2, 0.25) is 0 Å². The number of phenolic OH excluding ortho intramolecular Hbond substituents is 3. The van der Waals surface area contributed by atoms with E-state index in [0.29, 0.717) is 23.2 Å². The van der Waals surface area contributed by atoms with Gasteiger partial charge in [-0.25, -0.2) is 0 Å². The van der Waals surface area contributed by atoms with Crippen molar-refractivity contribution in [1.82, 2.24) is 0 Å². The second-order valence-corrected chi connectivity index (χ2v) is 11.7. The zero-order chi connectivity index (χ0) is 25.5. The molecule has 2 fully saturated rings. The average Bonchev–Trinajstić information content (AvgIpc) is 2.88. The van der Waals surface area contributed by atoms with Gasteiger partial charge >= 0.3 is 0 Å². The first-order chi connectivity index (χ1) is 17.2. The molecule has 3 heteroatoms. The Morgan fingerprint density at radius 1 is 0.611 bits per heavy atom. The van der Waals surface area contributed by atoms with E-state index in [1.807, 2.05) is 38.1 Å². The Kier molecular flexibility index (Phi) is 6.53. The van der Waals surface area contributed by atoms with E-state index in [1.165, 1.54) is 42.4 Å². The minimum Gasteiger partial charge on any atom is -0.508 e. The maximum absolute atomic E-state index is 10.2. The van der Waals surface area contributed by atoms with Crippen molar-refractivity contribution in [1.29, 1.82) is 0 Å². The summed E-state index contributed by atoms with van der Waals surface area (Å²) in [6.45, 7) is 6.33. The second kappa shape index (κ2) is 9.50. The van der Waals surface area contributed by atoms with E-state index < -0.39 is 0 Å². The number of benzene rings is 3. The van der Waals surface area contributed by atoms with Gasteiger partial charge in [-0.05, 0) is 135 Å². The minimum atomic E-state index is -0.133. The molecule has 3 aromatic rings. The van der Waals surface area contributed by atoms with E-state index in [0.717, 1.165) is 42.7 Å². The molecule has 3 aromatic carbocycles. The normalized spacial score (nSPS) is 24.5. The molecule has 2 aliphatic carbocycles. The number of phenols is 3. The van der Waals surface area contributed by atoms with Crippen molar-refractivity contribution < 1.29 is 15.3 Å². The van der Waals surface area contributed by atoms with Gasteiger partial charge in [0.2, 0.25) is 0 Å². The average molecular weight is 485 g/mol. The highest BCUT2D eigenvalue weighted by Crippen LogP contribution is 2.56. The highest BCUT2D eigenvalue weighted by Gasteiger charge is 2.47. The van der Waals surface area contributed by atoms with Gasteiger partial charge in [0.15, 0.2) is 0 Å². The van der Waals surface area contributed by atoms with Gasteiger partial charge in [0, 0.05) is 5.41 Å². The Bertz CT molecular complexity index is 1160. The molecule has 0 radical (unpaired) electrons. The van der Waals surface area contributed by atoms with Crippen molar-refractivity contribution in [2.24, 2.45) is 11.8 Å². The zero-order valence-electron chi connectivity index (χ0n) is 21.9. The topological polar surface area (TPSA) is 60.7 Å². The van der Waals surface area contributed by atoms with Crippen molar-refractivity contribution in [3.8, 4) is 17.2 Å². The highest BCUT2D eigenvalue weighted by molar-refractivity contribution is 5.48. The number of aryl methyl sites for hydroxylation is 2. The Hall–Kier alpha value is -2.94. The standard InChI is InChI=1S/C33H40O3/c1-22-12-16-32(17-13-22,25-4-8-29(34)9-5-25)26-14-18-33(19-15-26,27-6-10-30(35)23(2)20-27)28-7-11-31(36)24(3)21-28/h4-11,20-22,26,34-36H,12-19H2,1-3H3. The molecule has 3 N–H and O–H groups in total. The summed E-state index contributed by atoms with van der Waals surface area (Å²) < 4.78 is 0. The molecule has 2 saturated carbocycles. The Morgan fingerprint density at radius 3 is 1.56 bits per heavy atom. The van der Waals surface area contributed by atoms with Crippen LogP contribution in [0.4, 0.5) is 0 Å². The van der Waals surface area contributed by atoms with Crippen molar-refractivity contribution in [2.45, 2.75) is 83.0 Å². The summed E-state index contributed by atoms with van der Waals surface area (Å²) >= 11 is 0. The van der Waals surface area contributed by atoms with Crippen LogP contribution in [-0.4, -0.2) is 15.3 Å². The molecule has 190 valence electrons. The Labute approximate surface area is 215 Å². The predicted molar refractivity (Wildman–Crippen MR) is 146 cm³/mol. The molecule has 36 heavy (non-hydrogen) atoms. The monoisotopic (exact) mass is 484 g/mol. The van der Waals surface area contributed by atoms with Gasteiger partial charge in [0.1, 0.15) is 17.2 Å². The molecule has 5 rings (SSSR count). The summed E-state index contributed by atoms with van der Waals surface area (Å²) in [6.07, 6.45) is 9.31. The summed E-state index contributed by atoms with van der Waals surface area (Å²) in [5, 5.41) is 30.4. The van der Waals surface area contributed by atoms with Gasteiger partial charge in [-0.1, -0.05) is 43.3 Å². The van der Waals surface area contributed by atoms with Crippen LogP contribution in [0.15, 0.2) is 60.7 Å². The lowest BCUT2D eigenvalue weighted by molar-refractivity contribution is 0.109. The van der Waals surface area contributed by atoms with Crippen LogP contribution in [-0.2, 0) is 10.8 Å². The molecular weight excluding hydrogens is 444 g/mol. The molecule has 2 aliphatic rings. The molecular formula is C33H40O3. The van der Waals surface area contributed by atoms with Crippen LogP contribution in [0.25, 0.3) is 0 Å². The first kappa shape index (κ1) is 24.7. The summed E-state index contributed by atoms with van der Waals surface area (Å²) in [5.74, 6) is 2.39. The van der Waals surface area contributed by atoms with Gasteiger partial charge in [-0.3, -0.25) is 0 Å². The number of hydrogen-bond donors (Lipinski definition) is 3. The Balaban J connectivity index is 1.53. The highest BCUT2D eigenvalue weighted by atomic mass is 16.3. The lowest BCUT2D eigenvalue weighted by atomic mass is 9.53. The summed E-state index contributed by atoms with van der Waals surface area (Å²) in [4.78, 5) is 0. The first-order valence-corrected chi connectivity index (χ1v) is 13.6. The van der Waals surface area contributed by atoms with Crippen LogP contribution in [0.3, 0.4) is 0 Å². The van der Waals surface area contributed by atoms with Crippen molar-refractivity contribution >= 4 is 0 Å². The fourth-order valence-corrected chi connectivity index (χ4v) is 7.32. The fourth-order valence-electron chi connectivity index (χ4n) is 7.32. The summed E-state index contributed by atoms with van der Waals surface area (Å²) in [6, 6.07) is 20.3. The zero-order valence-corrected chi connectivity index (χ0v) is 21.9. The first-order valence-electron chi connectivity index (χ1n) is 13.6. The maximum Gasteiger partial charge on any atom is 0.118 e.